The molecule has 276 valence electrons. The summed E-state index contributed by atoms with van der Waals surface area (Å²) in [5.74, 6) is 0.980. The number of nitrogen functional groups attached to an aromatic ring is 1. The molecular formula is C40H67N5O4. The molecule has 12 atom stereocenters. The number of allylic oxidation sites excluding steroid dienone is 1. The summed E-state index contributed by atoms with van der Waals surface area (Å²) in [6.45, 7) is 25.1. The van der Waals surface area contributed by atoms with E-state index >= 15 is 0 Å². The lowest BCUT2D eigenvalue weighted by atomic mass is 9.34. The quantitative estimate of drug-likeness (QED) is 0.260. The Bertz CT molecular complexity index is 1450. The molecule has 0 spiro atoms. The Hall–Kier alpha value is -1.97. The van der Waals surface area contributed by atoms with Gasteiger partial charge in [-0.15, -0.1) is 5.10 Å². The van der Waals surface area contributed by atoms with Crippen LogP contribution in [0, 0.1) is 62.6 Å². The van der Waals surface area contributed by atoms with Gasteiger partial charge in [0.2, 0.25) is 5.95 Å². The van der Waals surface area contributed by atoms with Crippen molar-refractivity contribution in [3.05, 3.63) is 18.0 Å². The molecule has 3 N–H and O–H groups in total. The van der Waals surface area contributed by atoms with Crippen LogP contribution >= 0.6 is 0 Å². The maximum Gasteiger partial charge on any atom is 0.307 e. The van der Waals surface area contributed by atoms with Gasteiger partial charge in [-0.25, -0.2) is 9.67 Å². The van der Waals surface area contributed by atoms with Gasteiger partial charge in [0.05, 0.1) is 37.9 Å². The van der Waals surface area contributed by atoms with Crippen molar-refractivity contribution in [2.45, 2.75) is 125 Å². The van der Waals surface area contributed by atoms with Gasteiger partial charge in [-0.05, 0) is 111 Å². The predicted molar refractivity (Wildman–Crippen MR) is 194 cm³/mol. The van der Waals surface area contributed by atoms with Gasteiger partial charge in [0, 0.05) is 11.0 Å². The van der Waals surface area contributed by atoms with Gasteiger partial charge in [0.15, 0.2) is 0 Å². The molecule has 0 unspecified atom stereocenters. The fraction of sp³-hybridized carbons (Fsp3) is 0.875. The Morgan fingerprint density at radius 1 is 1.12 bits per heavy atom. The molecule has 6 rings (SSSR count). The van der Waals surface area contributed by atoms with Gasteiger partial charge in [0.25, 0.3) is 0 Å². The Kier molecular flexibility index (Phi) is 9.05. The highest BCUT2D eigenvalue weighted by atomic mass is 16.5. The van der Waals surface area contributed by atoms with Crippen LogP contribution in [0.5, 0.6) is 0 Å². The highest BCUT2D eigenvalue weighted by molar-refractivity contribution is 5.73. The number of nitrogens with two attached hydrogens (primary N) is 1. The lowest BCUT2D eigenvalue weighted by Crippen LogP contribution is -2.70. The van der Waals surface area contributed by atoms with E-state index in [2.05, 4.69) is 99.3 Å². The third-order valence-electron chi connectivity index (χ3n) is 16.7. The summed E-state index contributed by atoms with van der Waals surface area (Å²) in [7, 11) is 4.30. The van der Waals surface area contributed by atoms with E-state index in [0.29, 0.717) is 43.5 Å². The minimum absolute atomic E-state index is 0.0532. The topological polar surface area (TPSA) is 116 Å². The van der Waals surface area contributed by atoms with E-state index in [1.807, 2.05) is 4.68 Å². The number of aromatic nitrogens is 3. The number of rotatable bonds is 9. The Morgan fingerprint density at radius 2 is 1.82 bits per heavy atom. The van der Waals surface area contributed by atoms with Crippen molar-refractivity contribution in [2.24, 2.45) is 62.6 Å². The molecule has 4 fully saturated rings. The van der Waals surface area contributed by atoms with Crippen molar-refractivity contribution in [1.82, 2.24) is 19.7 Å². The van der Waals surface area contributed by atoms with Crippen molar-refractivity contribution in [3.63, 3.8) is 0 Å². The molecule has 5 aliphatic rings. The van der Waals surface area contributed by atoms with E-state index in [0.717, 1.165) is 38.5 Å². The van der Waals surface area contributed by atoms with Gasteiger partial charge in [-0.1, -0.05) is 74.0 Å². The first kappa shape index (κ1) is 36.8. The van der Waals surface area contributed by atoms with E-state index in [1.54, 1.807) is 6.33 Å². The molecule has 0 amide bonds. The molecule has 1 aromatic heterocycles. The molecule has 9 nitrogen and oxygen atoms in total. The van der Waals surface area contributed by atoms with E-state index in [1.165, 1.54) is 5.57 Å². The molecule has 9 heteroatoms. The van der Waals surface area contributed by atoms with Crippen LogP contribution in [0.1, 0.15) is 114 Å². The van der Waals surface area contributed by atoms with Crippen molar-refractivity contribution in [2.75, 3.05) is 39.6 Å². The summed E-state index contributed by atoms with van der Waals surface area (Å²) >= 11 is 0. The molecule has 2 heterocycles. The molecule has 1 aliphatic heterocycles. The summed E-state index contributed by atoms with van der Waals surface area (Å²) in [6, 6.07) is -0.0532. The number of likely N-dealkylation sites (N-methyl/N-ethyl adjacent to an activating group) is 1. The SMILES string of the molecule is CC(C)[C@@H](C)[C@@]1(C)CC[C@]2(C)[C@H]3CC[C@@H]4[C@@]5(C)COC[C@@]4(C3=CC[C@@]2(C)[C@@H]1C(=O)O)[C@@H](OC[C@](C)(C(C)C)N(C)C)[C@H](n1cnc(N)n1)C5. The molecule has 2 bridgehead atoms. The van der Waals surface area contributed by atoms with Crippen LogP contribution in [-0.2, 0) is 14.3 Å². The summed E-state index contributed by atoms with van der Waals surface area (Å²) in [5, 5.41) is 15.9. The van der Waals surface area contributed by atoms with Gasteiger partial charge < -0.3 is 25.2 Å². The largest absolute Gasteiger partial charge is 0.481 e. The molecule has 1 saturated heterocycles. The zero-order valence-corrected chi connectivity index (χ0v) is 32.7. The number of nitrogens with zero attached hydrogens (tertiary/aromatic N) is 4. The third-order valence-corrected chi connectivity index (χ3v) is 16.7. The first-order chi connectivity index (χ1) is 22.7. The molecule has 49 heavy (non-hydrogen) atoms. The van der Waals surface area contributed by atoms with E-state index < -0.39 is 11.9 Å². The minimum Gasteiger partial charge on any atom is -0.481 e. The average Bonchev–Trinajstić information content (AvgIpc) is 3.45. The van der Waals surface area contributed by atoms with Gasteiger partial charge in [-0.2, -0.15) is 0 Å². The summed E-state index contributed by atoms with van der Waals surface area (Å²) < 4.78 is 16.2. The van der Waals surface area contributed by atoms with Crippen molar-refractivity contribution in [3.8, 4) is 0 Å². The normalized spacial score (nSPS) is 43.7. The van der Waals surface area contributed by atoms with E-state index in [9.17, 15) is 9.90 Å². The number of carbonyl (C=O) groups is 1. The Morgan fingerprint density at radius 3 is 2.39 bits per heavy atom. The van der Waals surface area contributed by atoms with E-state index in [-0.39, 0.29) is 56.6 Å². The van der Waals surface area contributed by atoms with Crippen LogP contribution in [0.15, 0.2) is 18.0 Å². The molecular weight excluding hydrogens is 614 g/mol. The molecule has 1 aromatic rings. The highest BCUT2D eigenvalue weighted by Gasteiger charge is 2.72. The summed E-state index contributed by atoms with van der Waals surface area (Å²) in [6.07, 6.45) is 9.88. The average molecular weight is 682 g/mol. The van der Waals surface area contributed by atoms with Crippen LogP contribution in [0.4, 0.5) is 5.95 Å². The molecule has 0 radical (unpaired) electrons. The second kappa shape index (κ2) is 12.0. The van der Waals surface area contributed by atoms with Crippen molar-refractivity contribution < 1.29 is 19.4 Å². The molecule has 4 aliphatic carbocycles. The fourth-order valence-corrected chi connectivity index (χ4v) is 12.6. The first-order valence-electron chi connectivity index (χ1n) is 19.2. The summed E-state index contributed by atoms with van der Waals surface area (Å²) in [5.41, 5.74) is 6.21. The van der Waals surface area contributed by atoms with E-state index in [4.69, 9.17) is 20.3 Å². The molecule has 3 saturated carbocycles. The summed E-state index contributed by atoms with van der Waals surface area (Å²) in [4.78, 5) is 20.3. The number of ether oxygens (including phenoxy) is 2. The lowest BCUT2D eigenvalue weighted by molar-refractivity contribution is -0.256. The van der Waals surface area contributed by atoms with Crippen LogP contribution < -0.4 is 5.73 Å². The number of hydrogen-bond acceptors (Lipinski definition) is 7. The zero-order chi connectivity index (χ0) is 36.1. The Labute approximate surface area is 296 Å². The Balaban J connectivity index is 1.52. The maximum atomic E-state index is 13.6. The second-order valence-corrected chi connectivity index (χ2v) is 19.4. The standard InChI is InChI=1S/C40H67N5O4/c1-24(2)26(5)36(7)17-18-37(8)27-13-14-30-35(6)19-29(45-23-42-34(41)43-45)32(49-21-39(10,25(3)4)44(11)12)40(30,22-48-20-35)28(27)15-16-38(37,9)31(36)33(46)47/h15,23-27,29-32H,13-14,16-22H2,1-12H3,(H2,41,43)(H,46,47)/t26-,27+,29-,30-,31-,32+,35-,36-,37-,38+,39-,40+/m1/s1. The van der Waals surface area contributed by atoms with Crippen LogP contribution in [0.3, 0.4) is 0 Å². The maximum absolute atomic E-state index is 13.6. The minimum atomic E-state index is -0.625. The number of hydrogen-bond donors (Lipinski definition) is 2. The van der Waals surface area contributed by atoms with Crippen LogP contribution in [0.2, 0.25) is 0 Å². The number of aliphatic carboxylic acids is 1. The van der Waals surface area contributed by atoms with Gasteiger partial charge in [0.1, 0.15) is 6.33 Å². The number of fused-ring (bicyclic) bond motifs is 3. The van der Waals surface area contributed by atoms with Crippen molar-refractivity contribution in [1.29, 1.82) is 0 Å². The monoisotopic (exact) mass is 682 g/mol. The van der Waals surface area contributed by atoms with Crippen LogP contribution in [0.25, 0.3) is 0 Å². The third kappa shape index (κ3) is 5.04. The number of anilines is 1. The second-order valence-electron chi connectivity index (χ2n) is 19.4. The van der Waals surface area contributed by atoms with Gasteiger partial charge in [-0.3, -0.25) is 4.79 Å². The first-order valence-corrected chi connectivity index (χ1v) is 19.2. The highest BCUT2D eigenvalue weighted by Crippen LogP contribution is 2.75. The molecule has 0 aromatic carbocycles. The van der Waals surface area contributed by atoms with Crippen LogP contribution in [-0.4, -0.2) is 76.3 Å². The number of carboxylic acids is 1. The lowest BCUT2D eigenvalue weighted by Gasteiger charge is -2.71. The van der Waals surface area contributed by atoms with Crippen molar-refractivity contribution >= 4 is 11.9 Å². The van der Waals surface area contributed by atoms with Gasteiger partial charge >= 0.3 is 5.97 Å². The zero-order valence-electron chi connectivity index (χ0n) is 32.7. The predicted octanol–water partition coefficient (Wildman–Crippen LogP) is 7.35. The fourth-order valence-electron chi connectivity index (χ4n) is 12.6. The number of carboxylic acid groups (broad SMARTS) is 1. The smallest absolute Gasteiger partial charge is 0.307 e.